The minimum Gasteiger partial charge on any atom is -0.351 e. The van der Waals surface area contributed by atoms with Crippen LogP contribution in [0.25, 0.3) is 10.9 Å². The van der Waals surface area contributed by atoms with E-state index in [-0.39, 0.29) is 5.91 Å². The minimum absolute atomic E-state index is 0.244. The van der Waals surface area contributed by atoms with Gasteiger partial charge >= 0.3 is 0 Å². The third-order valence-corrected chi connectivity index (χ3v) is 2.98. The summed E-state index contributed by atoms with van der Waals surface area (Å²) in [6, 6.07) is 11.4. The highest BCUT2D eigenvalue weighted by Crippen LogP contribution is 2.15. The van der Waals surface area contributed by atoms with Crippen molar-refractivity contribution >= 4 is 22.8 Å². The molecule has 0 atom stereocenters. The quantitative estimate of drug-likeness (QED) is 0.749. The fourth-order valence-electron chi connectivity index (χ4n) is 2.15. The third-order valence-electron chi connectivity index (χ3n) is 2.98. The maximum atomic E-state index is 12.2. The van der Waals surface area contributed by atoms with Crippen molar-refractivity contribution in [2.45, 2.75) is 13.8 Å². The molecule has 1 amide bonds. The van der Waals surface area contributed by atoms with Crippen LogP contribution in [-0.4, -0.2) is 20.9 Å². The molecule has 100 valence electrons. The number of hydrogen-bond donors (Lipinski definition) is 2. The molecule has 0 aliphatic carbocycles. The fraction of sp³-hybridized carbons (Fsp3) is 0.133. The van der Waals surface area contributed by atoms with E-state index in [0.717, 1.165) is 22.3 Å². The predicted molar refractivity (Wildman–Crippen MR) is 77.8 cm³/mol. The number of H-pyrrole nitrogens is 1. The highest BCUT2D eigenvalue weighted by Gasteiger charge is 2.11. The van der Waals surface area contributed by atoms with Gasteiger partial charge in [0.15, 0.2) is 0 Å². The molecule has 0 fully saturated rings. The Bertz CT molecular complexity index is 738. The lowest BCUT2D eigenvalue weighted by Gasteiger charge is -2.04. The maximum absolute atomic E-state index is 12.2. The zero-order chi connectivity index (χ0) is 14.1. The highest BCUT2D eigenvalue weighted by molar-refractivity contribution is 6.05. The Hall–Kier alpha value is -2.69. The second-order valence-corrected chi connectivity index (χ2v) is 4.70. The molecule has 0 bridgehead atoms. The van der Waals surface area contributed by atoms with Gasteiger partial charge in [0.1, 0.15) is 5.69 Å². The number of amides is 1. The molecule has 0 aliphatic rings. The molecule has 3 aromatic rings. The van der Waals surface area contributed by atoms with Gasteiger partial charge in [-0.2, -0.15) is 0 Å². The van der Waals surface area contributed by atoms with Crippen molar-refractivity contribution in [1.82, 2.24) is 15.0 Å². The number of fused-ring (bicyclic) bond motifs is 1. The molecule has 1 aromatic carbocycles. The molecule has 5 nitrogen and oxygen atoms in total. The summed E-state index contributed by atoms with van der Waals surface area (Å²) in [5.41, 5.74) is 3.07. The third kappa shape index (κ3) is 2.38. The van der Waals surface area contributed by atoms with Gasteiger partial charge in [0, 0.05) is 22.3 Å². The number of rotatable bonds is 2. The first-order valence-corrected chi connectivity index (χ1v) is 6.33. The Balaban J connectivity index is 1.88. The molecule has 0 aliphatic heterocycles. The van der Waals surface area contributed by atoms with Gasteiger partial charge in [-0.25, -0.2) is 9.97 Å². The van der Waals surface area contributed by atoms with E-state index in [0.29, 0.717) is 11.6 Å². The standard InChI is InChI=1S/C15H14N4O/c1-9-7-10(2)17-15(16-9)19-14(20)13-8-11-5-3-4-6-12(11)18-13/h3-8,18H,1-2H3,(H,16,17,19,20). The van der Waals surface area contributed by atoms with E-state index >= 15 is 0 Å². The van der Waals surface area contributed by atoms with E-state index < -0.39 is 0 Å². The number of anilines is 1. The number of aromatic nitrogens is 3. The van der Waals surface area contributed by atoms with Gasteiger partial charge in [0.05, 0.1) is 0 Å². The van der Waals surface area contributed by atoms with Crippen LogP contribution in [0.3, 0.4) is 0 Å². The van der Waals surface area contributed by atoms with E-state index in [9.17, 15) is 4.79 Å². The van der Waals surface area contributed by atoms with Gasteiger partial charge in [0.2, 0.25) is 5.95 Å². The van der Waals surface area contributed by atoms with Crippen molar-refractivity contribution < 1.29 is 4.79 Å². The normalized spacial score (nSPS) is 10.7. The van der Waals surface area contributed by atoms with Crippen molar-refractivity contribution in [3.8, 4) is 0 Å². The van der Waals surface area contributed by atoms with Crippen molar-refractivity contribution in [3.05, 3.63) is 53.5 Å². The SMILES string of the molecule is Cc1cc(C)nc(NC(=O)c2cc3ccccc3[nH]2)n1. The van der Waals surface area contributed by atoms with Crippen LogP contribution in [0.1, 0.15) is 21.9 Å². The fourth-order valence-corrected chi connectivity index (χ4v) is 2.15. The monoisotopic (exact) mass is 266 g/mol. The number of para-hydroxylation sites is 1. The first kappa shape index (κ1) is 12.3. The van der Waals surface area contributed by atoms with Crippen molar-refractivity contribution in [2.75, 3.05) is 5.32 Å². The van der Waals surface area contributed by atoms with Crippen LogP contribution in [-0.2, 0) is 0 Å². The van der Waals surface area contributed by atoms with Crippen LogP contribution in [0.5, 0.6) is 0 Å². The lowest BCUT2D eigenvalue weighted by atomic mass is 10.2. The average Bonchev–Trinajstić information content (AvgIpc) is 2.81. The predicted octanol–water partition coefficient (Wildman–Crippen LogP) is 2.83. The van der Waals surface area contributed by atoms with Gasteiger partial charge in [-0.05, 0) is 32.0 Å². The number of carbonyl (C=O) groups excluding carboxylic acids is 1. The zero-order valence-electron chi connectivity index (χ0n) is 11.3. The van der Waals surface area contributed by atoms with Crippen LogP contribution in [0, 0.1) is 13.8 Å². The number of aryl methyl sites for hydroxylation is 2. The van der Waals surface area contributed by atoms with Crippen LogP contribution in [0.4, 0.5) is 5.95 Å². The highest BCUT2D eigenvalue weighted by atomic mass is 16.2. The summed E-state index contributed by atoms with van der Waals surface area (Å²) < 4.78 is 0. The van der Waals surface area contributed by atoms with Crippen LogP contribution in [0.15, 0.2) is 36.4 Å². The Morgan fingerprint density at radius 2 is 1.80 bits per heavy atom. The largest absolute Gasteiger partial charge is 0.351 e. The molecule has 0 saturated heterocycles. The maximum Gasteiger partial charge on any atom is 0.274 e. The Morgan fingerprint density at radius 1 is 1.10 bits per heavy atom. The van der Waals surface area contributed by atoms with Gasteiger partial charge in [-0.1, -0.05) is 18.2 Å². The molecule has 5 heteroatoms. The number of nitrogens with zero attached hydrogens (tertiary/aromatic N) is 2. The number of aromatic amines is 1. The van der Waals surface area contributed by atoms with E-state index in [4.69, 9.17) is 0 Å². The topological polar surface area (TPSA) is 70.7 Å². The molecule has 2 aromatic heterocycles. The first-order valence-electron chi connectivity index (χ1n) is 6.33. The van der Waals surface area contributed by atoms with E-state index in [1.165, 1.54) is 0 Å². The molecule has 0 unspecified atom stereocenters. The van der Waals surface area contributed by atoms with Crippen LogP contribution < -0.4 is 5.32 Å². The summed E-state index contributed by atoms with van der Waals surface area (Å²) in [5.74, 6) is 0.0809. The Kier molecular flexibility index (Phi) is 2.95. The molecule has 0 spiro atoms. The first-order chi connectivity index (χ1) is 9.61. The van der Waals surface area contributed by atoms with Gasteiger partial charge in [-0.3, -0.25) is 10.1 Å². The van der Waals surface area contributed by atoms with Crippen molar-refractivity contribution in [3.63, 3.8) is 0 Å². The van der Waals surface area contributed by atoms with Gasteiger partial charge in [0.25, 0.3) is 5.91 Å². The second kappa shape index (κ2) is 4.77. The number of carbonyl (C=O) groups is 1. The molecule has 3 rings (SSSR count). The summed E-state index contributed by atoms with van der Waals surface area (Å²) >= 11 is 0. The number of nitrogens with one attached hydrogen (secondary N) is 2. The van der Waals surface area contributed by atoms with E-state index in [2.05, 4.69) is 20.3 Å². The average molecular weight is 266 g/mol. The number of hydrogen-bond acceptors (Lipinski definition) is 3. The molecular formula is C15H14N4O. The second-order valence-electron chi connectivity index (χ2n) is 4.70. The lowest BCUT2D eigenvalue weighted by molar-refractivity contribution is 0.102. The Morgan fingerprint density at radius 3 is 2.50 bits per heavy atom. The van der Waals surface area contributed by atoms with Gasteiger partial charge in [-0.15, -0.1) is 0 Å². The van der Waals surface area contributed by atoms with Crippen LogP contribution >= 0.6 is 0 Å². The van der Waals surface area contributed by atoms with Crippen molar-refractivity contribution in [2.24, 2.45) is 0 Å². The molecular weight excluding hydrogens is 252 g/mol. The molecule has 2 heterocycles. The summed E-state index contributed by atoms with van der Waals surface area (Å²) in [6.07, 6.45) is 0. The molecule has 20 heavy (non-hydrogen) atoms. The summed E-state index contributed by atoms with van der Waals surface area (Å²) in [5, 5.41) is 3.71. The lowest BCUT2D eigenvalue weighted by Crippen LogP contribution is -2.15. The molecule has 2 N–H and O–H groups in total. The molecule has 0 radical (unpaired) electrons. The number of benzene rings is 1. The summed E-state index contributed by atoms with van der Waals surface area (Å²) in [6.45, 7) is 3.74. The van der Waals surface area contributed by atoms with Gasteiger partial charge < -0.3 is 4.98 Å². The minimum atomic E-state index is -0.244. The zero-order valence-corrected chi connectivity index (χ0v) is 11.3. The summed E-state index contributed by atoms with van der Waals surface area (Å²) in [4.78, 5) is 23.7. The van der Waals surface area contributed by atoms with Crippen molar-refractivity contribution in [1.29, 1.82) is 0 Å². The van der Waals surface area contributed by atoms with E-state index in [1.54, 1.807) is 0 Å². The summed E-state index contributed by atoms with van der Waals surface area (Å²) in [7, 11) is 0. The smallest absolute Gasteiger partial charge is 0.274 e. The van der Waals surface area contributed by atoms with E-state index in [1.807, 2.05) is 50.2 Å². The molecule has 0 saturated carbocycles. The Labute approximate surface area is 116 Å². The van der Waals surface area contributed by atoms with Crippen LogP contribution in [0.2, 0.25) is 0 Å².